The molecule has 0 atom stereocenters. The van der Waals surface area contributed by atoms with Gasteiger partial charge in [-0.05, 0) is 42.8 Å². The van der Waals surface area contributed by atoms with Gasteiger partial charge in [-0.2, -0.15) is 13.2 Å². The number of hydrogen-bond acceptors (Lipinski definition) is 5. The van der Waals surface area contributed by atoms with Crippen LogP contribution in [0, 0.1) is 0 Å². The second-order valence-corrected chi connectivity index (χ2v) is 10.3. The average molecular weight is 517 g/mol. The Kier molecular flexibility index (Phi) is 6.83. The van der Waals surface area contributed by atoms with Gasteiger partial charge in [0.1, 0.15) is 4.90 Å². The van der Waals surface area contributed by atoms with Crippen LogP contribution in [0.15, 0.2) is 41.3 Å². The number of primary sulfonamides is 1. The molecular weight excluding hydrogens is 493 g/mol. The first-order valence-corrected chi connectivity index (χ1v) is 12.7. The van der Waals surface area contributed by atoms with Crippen molar-refractivity contribution in [1.29, 1.82) is 0 Å². The first-order chi connectivity index (χ1) is 15.9. The van der Waals surface area contributed by atoms with Gasteiger partial charge in [0.05, 0.1) is 10.6 Å². The van der Waals surface area contributed by atoms with Crippen molar-refractivity contribution in [2.75, 3.05) is 44.2 Å². The molecule has 0 bridgehead atoms. The van der Waals surface area contributed by atoms with Crippen molar-refractivity contribution in [2.45, 2.75) is 24.0 Å². The lowest BCUT2D eigenvalue weighted by molar-refractivity contribution is -0.137. The summed E-state index contributed by atoms with van der Waals surface area (Å²) >= 11 is 6.02. The standard InChI is InChI=1S/C22H24ClF3N4O3S/c23-18-12-15-14-30(21(31)16(15)13-20(18)34(27,32)33)7-3-6-28-8-10-29(11-9-28)19-5-2-1-4-17(19)22(24,25)26/h1-2,4-5,12-13H,3,6-11,14H2,(H2,27,32,33). The third-order valence-corrected chi connectivity index (χ3v) is 7.54. The van der Waals surface area contributed by atoms with Gasteiger partial charge < -0.3 is 9.80 Å². The molecular formula is C22H24ClF3N4O3S. The largest absolute Gasteiger partial charge is 0.418 e. The molecule has 0 radical (unpaired) electrons. The van der Waals surface area contributed by atoms with Gasteiger partial charge in [-0.25, -0.2) is 13.6 Å². The molecule has 2 aromatic carbocycles. The van der Waals surface area contributed by atoms with E-state index in [0.29, 0.717) is 57.8 Å². The van der Waals surface area contributed by atoms with Crippen molar-refractivity contribution in [1.82, 2.24) is 9.80 Å². The van der Waals surface area contributed by atoms with Gasteiger partial charge in [-0.15, -0.1) is 0 Å². The van der Waals surface area contributed by atoms with E-state index in [1.165, 1.54) is 24.3 Å². The Morgan fingerprint density at radius 1 is 1.03 bits per heavy atom. The lowest BCUT2D eigenvalue weighted by atomic mass is 10.1. The number of alkyl halides is 3. The number of nitrogens with zero attached hydrogens (tertiary/aromatic N) is 3. The first kappa shape index (κ1) is 24.8. The summed E-state index contributed by atoms with van der Waals surface area (Å²) in [4.78, 5) is 18.0. The van der Waals surface area contributed by atoms with Crippen LogP contribution in [0.2, 0.25) is 5.02 Å². The molecule has 7 nitrogen and oxygen atoms in total. The number of rotatable bonds is 6. The van der Waals surface area contributed by atoms with E-state index in [2.05, 4.69) is 4.90 Å². The van der Waals surface area contributed by atoms with E-state index in [-0.39, 0.29) is 27.1 Å². The van der Waals surface area contributed by atoms with Crippen LogP contribution in [0.4, 0.5) is 18.9 Å². The molecule has 1 saturated heterocycles. The number of nitrogens with two attached hydrogens (primary N) is 1. The third kappa shape index (κ3) is 5.17. The van der Waals surface area contributed by atoms with Crippen molar-refractivity contribution in [3.63, 3.8) is 0 Å². The highest BCUT2D eigenvalue weighted by atomic mass is 35.5. The van der Waals surface area contributed by atoms with Crippen LogP contribution in [-0.4, -0.2) is 63.4 Å². The SMILES string of the molecule is NS(=O)(=O)c1cc2c(cc1Cl)CN(CCCN1CCN(c3ccccc3C(F)(F)F)CC1)C2=O. The fraction of sp³-hybridized carbons (Fsp3) is 0.409. The molecule has 0 aromatic heterocycles. The van der Waals surface area contributed by atoms with Crippen molar-refractivity contribution in [3.8, 4) is 0 Å². The van der Waals surface area contributed by atoms with Crippen molar-refractivity contribution in [3.05, 3.63) is 58.1 Å². The van der Waals surface area contributed by atoms with Gasteiger partial charge in [0, 0.05) is 50.5 Å². The summed E-state index contributed by atoms with van der Waals surface area (Å²) in [5.74, 6) is -0.273. The van der Waals surface area contributed by atoms with E-state index in [0.717, 1.165) is 6.07 Å². The third-order valence-electron chi connectivity index (χ3n) is 6.17. The van der Waals surface area contributed by atoms with Crippen molar-refractivity contribution >= 4 is 33.2 Å². The molecule has 34 heavy (non-hydrogen) atoms. The zero-order valence-corrected chi connectivity index (χ0v) is 19.8. The first-order valence-electron chi connectivity index (χ1n) is 10.7. The molecule has 2 N–H and O–H groups in total. The van der Waals surface area contributed by atoms with E-state index in [9.17, 15) is 26.4 Å². The lowest BCUT2D eigenvalue weighted by Crippen LogP contribution is -2.47. The predicted molar refractivity (Wildman–Crippen MR) is 122 cm³/mol. The number of fused-ring (bicyclic) bond motifs is 1. The summed E-state index contributed by atoms with van der Waals surface area (Å²) in [7, 11) is -4.04. The summed E-state index contributed by atoms with van der Waals surface area (Å²) < 4.78 is 63.3. The minimum absolute atomic E-state index is 0.0131. The number of sulfonamides is 1. The Morgan fingerprint density at radius 2 is 1.71 bits per heavy atom. The normalized spacial score (nSPS) is 17.4. The molecule has 184 valence electrons. The summed E-state index contributed by atoms with van der Waals surface area (Å²) in [6, 6.07) is 8.31. The highest BCUT2D eigenvalue weighted by Gasteiger charge is 2.35. The second-order valence-electron chi connectivity index (χ2n) is 8.41. The maximum atomic E-state index is 13.3. The van der Waals surface area contributed by atoms with Crippen LogP contribution in [0.5, 0.6) is 0 Å². The summed E-state index contributed by atoms with van der Waals surface area (Å²) in [5, 5.41) is 5.16. The zero-order valence-electron chi connectivity index (χ0n) is 18.2. The van der Waals surface area contributed by atoms with Gasteiger partial charge in [-0.1, -0.05) is 23.7 Å². The number of halogens is 4. The lowest BCUT2D eigenvalue weighted by Gasteiger charge is -2.37. The number of para-hydroxylation sites is 1. The number of carbonyl (C=O) groups is 1. The molecule has 1 amide bonds. The topological polar surface area (TPSA) is 86.9 Å². The number of benzene rings is 2. The highest BCUT2D eigenvalue weighted by Crippen LogP contribution is 2.36. The van der Waals surface area contributed by atoms with E-state index >= 15 is 0 Å². The number of hydrogen-bond donors (Lipinski definition) is 1. The maximum absolute atomic E-state index is 13.3. The molecule has 2 aliphatic rings. The molecule has 2 heterocycles. The Hall–Kier alpha value is -2.34. The van der Waals surface area contributed by atoms with Crippen LogP contribution in [-0.2, 0) is 22.7 Å². The monoisotopic (exact) mass is 516 g/mol. The highest BCUT2D eigenvalue weighted by molar-refractivity contribution is 7.89. The van der Waals surface area contributed by atoms with Gasteiger partial charge in [0.15, 0.2) is 0 Å². The quantitative estimate of drug-likeness (QED) is 0.637. The average Bonchev–Trinajstić information content (AvgIpc) is 3.07. The van der Waals surface area contributed by atoms with Crippen molar-refractivity contribution in [2.24, 2.45) is 5.14 Å². The second kappa shape index (κ2) is 9.37. The maximum Gasteiger partial charge on any atom is 0.418 e. The van der Waals surface area contributed by atoms with Gasteiger partial charge in [0.2, 0.25) is 10.0 Å². The number of carbonyl (C=O) groups excluding carboxylic acids is 1. The minimum atomic E-state index is -4.40. The molecule has 2 aliphatic heterocycles. The zero-order chi connectivity index (χ0) is 24.7. The van der Waals surface area contributed by atoms with E-state index in [4.69, 9.17) is 16.7 Å². The summed E-state index contributed by atoms with van der Waals surface area (Å²) in [6.07, 6.45) is -3.72. The van der Waals surface area contributed by atoms with Gasteiger partial charge in [0.25, 0.3) is 5.91 Å². The Bertz CT molecular complexity index is 1200. The fourth-order valence-electron chi connectivity index (χ4n) is 4.46. The van der Waals surface area contributed by atoms with Gasteiger partial charge in [-0.3, -0.25) is 9.69 Å². The predicted octanol–water partition coefficient (Wildman–Crippen LogP) is 3.17. The van der Waals surface area contributed by atoms with Crippen LogP contribution < -0.4 is 10.0 Å². The molecule has 12 heteroatoms. The summed E-state index contributed by atoms with van der Waals surface area (Å²) in [6.45, 7) is 3.69. The minimum Gasteiger partial charge on any atom is -0.368 e. The van der Waals surface area contributed by atoms with Crippen molar-refractivity contribution < 1.29 is 26.4 Å². The molecule has 0 spiro atoms. The Balaban J connectivity index is 1.30. The van der Waals surface area contributed by atoms with Gasteiger partial charge >= 0.3 is 6.18 Å². The Labute approximate surface area is 200 Å². The Morgan fingerprint density at radius 3 is 2.35 bits per heavy atom. The fourth-order valence-corrected chi connectivity index (χ4v) is 5.58. The molecule has 1 fully saturated rings. The molecule has 0 aliphatic carbocycles. The number of anilines is 1. The molecule has 0 saturated carbocycles. The molecule has 4 rings (SSSR count). The van der Waals surface area contributed by atoms with E-state index in [1.807, 2.05) is 0 Å². The smallest absolute Gasteiger partial charge is 0.368 e. The van der Waals surface area contributed by atoms with E-state index in [1.54, 1.807) is 15.9 Å². The van der Waals surface area contributed by atoms with Crippen LogP contribution in [0.1, 0.15) is 27.9 Å². The molecule has 2 aromatic rings. The number of piperazine rings is 1. The molecule has 0 unspecified atom stereocenters. The summed E-state index contributed by atoms with van der Waals surface area (Å²) in [5.41, 5.74) is 0.513. The van der Waals surface area contributed by atoms with E-state index < -0.39 is 21.8 Å². The van der Waals surface area contributed by atoms with Crippen LogP contribution in [0.25, 0.3) is 0 Å². The number of amides is 1. The van der Waals surface area contributed by atoms with Crippen LogP contribution >= 0.6 is 11.6 Å². The van der Waals surface area contributed by atoms with Crippen LogP contribution in [0.3, 0.4) is 0 Å².